The number of nitrogens with zero attached hydrogens (tertiary/aromatic N) is 2. The molecular weight excluding hydrogens is 190 g/mol. The predicted molar refractivity (Wildman–Crippen MR) is 58.8 cm³/mol. The number of carbonyl (C=O) groups is 1. The number of anilines is 1. The van der Waals surface area contributed by atoms with Crippen LogP contribution in [0, 0.1) is 0 Å². The SMILES string of the molecule is NC(=O)c1cncc(N2CCCCC2)c1. The molecule has 2 N–H and O–H groups in total. The number of primary amides is 1. The van der Waals surface area contributed by atoms with Crippen LogP contribution >= 0.6 is 0 Å². The van der Waals surface area contributed by atoms with E-state index in [4.69, 9.17) is 5.73 Å². The lowest BCUT2D eigenvalue weighted by Gasteiger charge is -2.28. The van der Waals surface area contributed by atoms with Gasteiger partial charge in [-0.25, -0.2) is 0 Å². The van der Waals surface area contributed by atoms with Crippen LogP contribution in [0.3, 0.4) is 0 Å². The molecule has 0 spiro atoms. The molecule has 0 unspecified atom stereocenters. The van der Waals surface area contributed by atoms with E-state index in [0.717, 1.165) is 18.8 Å². The second-order valence-electron chi connectivity index (χ2n) is 3.84. The van der Waals surface area contributed by atoms with Crippen molar-refractivity contribution in [3.63, 3.8) is 0 Å². The van der Waals surface area contributed by atoms with Crippen molar-refractivity contribution in [2.45, 2.75) is 19.3 Å². The van der Waals surface area contributed by atoms with Crippen LogP contribution in [0.25, 0.3) is 0 Å². The summed E-state index contributed by atoms with van der Waals surface area (Å²) in [5.41, 5.74) is 6.70. The zero-order valence-electron chi connectivity index (χ0n) is 8.65. The van der Waals surface area contributed by atoms with Crippen molar-refractivity contribution in [3.05, 3.63) is 24.0 Å². The van der Waals surface area contributed by atoms with Crippen LogP contribution in [-0.2, 0) is 0 Å². The molecule has 1 aromatic heterocycles. The largest absolute Gasteiger partial charge is 0.370 e. The van der Waals surface area contributed by atoms with Crippen molar-refractivity contribution in [2.75, 3.05) is 18.0 Å². The second-order valence-corrected chi connectivity index (χ2v) is 3.84. The molecule has 1 aliphatic rings. The first-order valence-electron chi connectivity index (χ1n) is 5.27. The Labute approximate surface area is 89.1 Å². The van der Waals surface area contributed by atoms with Gasteiger partial charge in [0.1, 0.15) is 0 Å². The third-order valence-corrected chi connectivity index (χ3v) is 2.73. The first-order valence-corrected chi connectivity index (χ1v) is 5.27. The average molecular weight is 205 g/mol. The maximum atomic E-state index is 11.0. The molecule has 4 nitrogen and oxygen atoms in total. The molecule has 2 heterocycles. The number of piperidine rings is 1. The minimum absolute atomic E-state index is 0.415. The van der Waals surface area contributed by atoms with Crippen LogP contribution in [0.5, 0.6) is 0 Å². The Morgan fingerprint density at radius 2 is 2.00 bits per heavy atom. The standard InChI is InChI=1S/C11H15N3O/c12-11(15)9-6-10(8-13-7-9)14-4-2-1-3-5-14/h6-8H,1-5H2,(H2,12,15). The summed E-state index contributed by atoms with van der Waals surface area (Å²) < 4.78 is 0. The van der Waals surface area contributed by atoms with E-state index in [-0.39, 0.29) is 0 Å². The van der Waals surface area contributed by atoms with Gasteiger partial charge in [0.05, 0.1) is 17.4 Å². The highest BCUT2D eigenvalue weighted by Gasteiger charge is 2.12. The van der Waals surface area contributed by atoms with Crippen LogP contribution < -0.4 is 10.6 Å². The highest BCUT2D eigenvalue weighted by molar-refractivity contribution is 5.93. The van der Waals surface area contributed by atoms with Gasteiger partial charge < -0.3 is 10.6 Å². The molecule has 1 saturated heterocycles. The molecule has 0 bridgehead atoms. The lowest BCUT2D eigenvalue weighted by Crippen LogP contribution is -2.29. The molecule has 15 heavy (non-hydrogen) atoms. The van der Waals surface area contributed by atoms with E-state index >= 15 is 0 Å². The summed E-state index contributed by atoms with van der Waals surface area (Å²) in [6, 6.07) is 1.82. The summed E-state index contributed by atoms with van der Waals surface area (Å²) in [5.74, 6) is -0.415. The Balaban J connectivity index is 2.19. The van der Waals surface area contributed by atoms with Gasteiger partial charge in [-0.3, -0.25) is 9.78 Å². The van der Waals surface area contributed by atoms with Gasteiger partial charge >= 0.3 is 0 Å². The van der Waals surface area contributed by atoms with E-state index < -0.39 is 5.91 Å². The van der Waals surface area contributed by atoms with Gasteiger partial charge in [-0.05, 0) is 25.3 Å². The van der Waals surface area contributed by atoms with Crippen molar-refractivity contribution in [2.24, 2.45) is 5.73 Å². The fourth-order valence-corrected chi connectivity index (χ4v) is 1.89. The Morgan fingerprint density at radius 3 is 2.67 bits per heavy atom. The molecule has 0 radical (unpaired) electrons. The summed E-state index contributed by atoms with van der Waals surface area (Å²) in [5, 5.41) is 0. The molecule has 1 amide bonds. The maximum Gasteiger partial charge on any atom is 0.250 e. The van der Waals surface area contributed by atoms with Gasteiger partial charge in [-0.15, -0.1) is 0 Å². The van der Waals surface area contributed by atoms with Gasteiger partial charge in [-0.1, -0.05) is 0 Å². The number of rotatable bonds is 2. The van der Waals surface area contributed by atoms with Crippen molar-refractivity contribution in [1.82, 2.24) is 4.98 Å². The van der Waals surface area contributed by atoms with Crippen molar-refractivity contribution < 1.29 is 4.79 Å². The van der Waals surface area contributed by atoms with E-state index in [1.807, 2.05) is 6.07 Å². The topological polar surface area (TPSA) is 59.2 Å². The third kappa shape index (κ3) is 2.26. The van der Waals surface area contributed by atoms with E-state index in [1.54, 1.807) is 6.20 Å². The number of nitrogens with two attached hydrogens (primary N) is 1. The predicted octanol–water partition coefficient (Wildman–Crippen LogP) is 1.17. The molecule has 2 rings (SSSR count). The van der Waals surface area contributed by atoms with Gasteiger partial charge in [0, 0.05) is 19.3 Å². The van der Waals surface area contributed by atoms with Crippen LogP contribution in [0.15, 0.2) is 18.5 Å². The van der Waals surface area contributed by atoms with Crippen LogP contribution in [0.1, 0.15) is 29.6 Å². The van der Waals surface area contributed by atoms with Crippen LogP contribution in [0.4, 0.5) is 5.69 Å². The quantitative estimate of drug-likeness (QED) is 0.788. The number of aromatic nitrogens is 1. The lowest BCUT2D eigenvalue weighted by atomic mass is 10.1. The molecule has 80 valence electrons. The molecule has 1 fully saturated rings. The Hall–Kier alpha value is -1.58. The van der Waals surface area contributed by atoms with Gasteiger partial charge in [-0.2, -0.15) is 0 Å². The molecule has 0 atom stereocenters. The summed E-state index contributed by atoms with van der Waals surface area (Å²) in [4.78, 5) is 17.3. The zero-order chi connectivity index (χ0) is 10.7. The van der Waals surface area contributed by atoms with E-state index in [1.165, 1.54) is 25.5 Å². The number of hydrogen-bond donors (Lipinski definition) is 1. The molecule has 1 aromatic rings. The molecule has 0 aliphatic carbocycles. The average Bonchev–Trinajstić information content (AvgIpc) is 2.30. The molecule has 4 heteroatoms. The third-order valence-electron chi connectivity index (χ3n) is 2.73. The number of pyridine rings is 1. The Kier molecular flexibility index (Phi) is 2.85. The summed E-state index contributed by atoms with van der Waals surface area (Å²) in [6.07, 6.45) is 7.01. The molecule has 1 aliphatic heterocycles. The normalized spacial score (nSPS) is 16.4. The van der Waals surface area contributed by atoms with E-state index in [2.05, 4.69) is 9.88 Å². The minimum atomic E-state index is -0.415. The summed E-state index contributed by atoms with van der Waals surface area (Å²) in [6.45, 7) is 2.09. The first kappa shape index (κ1) is 9.96. The number of amides is 1. The second kappa shape index (κ2) is 4.29. The fraction of sp³-hybridized carbons (Fsp3) is 0.455. The van der Waals surface area contributed by atoms with Gasteiger partial charge in [0.2, 0.25) is 5.91 Å². The highest BCUT2D eigenvalue weighted by atomic mass is 16.1. The highest BCUT2D eigenvalue weighted by Crippen LogP contribution is 2.19. The number of hydrogen-bond acceptors (Lipinski definition) is 3. The molecule has 0 saturated carbocycles. The smallest absolute Gasteiger partial charge is 0.250 e. The van der Waals surface area contributed by atoms with Crippen molar-refractivity contribution >= 4 is 11.6 Å². The van der Waals surface area contributed by atoms with Crippen molar-refractivity contribution in [3.8, 4) is 0 Å². The van der Waals surface area contributed by atoms with E-state index in [9.17, 15) is 4.79 Å². The molecular formula is C11H15N3O. The number of carbonyl (C=O) groups excluding carboxylic acids is 1. The Morgan fingerprint density at radius 1 is 1.27 bits per heavy atom. The summed E-state index contributed by atoms with van der Waals surface area (Å²) >= 11 is 0. The van der Waals surface area contributed by atoms with Crippen LogP contribution in [-0.4, -0.2) is 24.0 Å². The zero-order valence-corrected chi connectivity index (χ0v) is 8.65. The fourth-order valence-electron chi connectivity index (χ4n) is 1.89. The van der Waals surface area contributed by atoms with Gasteiger partial charge in [0.25, 0.3) is 0 Å². The summed E-state index contributed by atoms with van der Waals surface area (Å²) in [7, 11) is 0. The van der Waals surface area contributed by atoms with Crippen LogP contribution in [0.2, 0.25) is 0 Å². The maximum absolute atomic E-state index is 11.0. The van der Waals surface area contributed by atoms with E-state index in [0.29, 0.717) is 5.56 Å². The lowest BCUT2D eigenvalue weighted by molar-refractivity contribution is 0.1000. The Bertz CT molecular complexity index is 359. The first-order chi connectivity index (χ1) is 7.27. The monoisotopic (exact) mass is 205 g/mol. The minimum Gasteiger partial charge on any atom is -0.370 e. The van der Waals surface area contributed by atoms with Gasteiger partial charge in [0.15, 0.2) is 0 Å². The molecule has 0 aromatic carbocycles. The van der Waals surface area contributed by atoms with Crippen molar-refractivity contribution in [1.29, 1.82) is 0 Å².